The van der Waals surface area contributed by atoms with E-state index in [4.69, 9.17) is 9.72 Å². The van der Waals surface area contributed by atoms with Gasteiger partial charge in [-0.15, -0.1) is 0 Å². The van der Waals surface area contributed by atoms with Gasteiger partial charge in [0, 0.05) is 26.4 Å². The monoisotopic (exact) mass is 407 g/mol. The summed E-state index contributed by atoms with van der Waals surface area (Å²) in [5, 5.41) is 2.86. The van der Waals surface area contributed by atoms with Crippen LogP contribution < -0.4 is 10.1 Å². The molecule has 1 amide bonds. The molecule has 0 aliphatic rings. The lowest BCUT2D eigenvalue weighted by molar-refractivity contribution is -0.118. The number of nitrogens with zero attached hydrogens (tertiary/aromatic N) is 2. The minimum Gasteiger partial charge on any atom is -0.494 e. The molecule has 0 aliphatic heterocycles. The molecule has 3 aromatic rings. The second kappa shape index (κ2) is 9.79. The van der Waals surface area contributed by atoms with E-state index in [9.17, 15) is 4.79 Å². The molecule has 0 spiro atoms. The van der Waals surface area contributed by atoms with Crippen LogP contribution in [0.15, 0.2) is 48.5 Å². The van der Waals surface area contributed by atoms with Gasteiger partial charge in [0.2, 0.25) is 5.91 Å². The van der Waals surface area contributed by atoms with E-state index in [0.29, 0.717) is 13.2 Å². The van der Waals surface area contributed by atoms with Crippen molar-refractivity contribution in [3.8, 4) is 5.75 Å². The fourth-order valence-corrected chi connectivity index (χ4v) is 3.54. The molecule has 1 aromatic heterocycles. The number of hydrogen-bond acceptors (Lipinski definition) is 3. The SMILES string of the molecule is CC(=O)NCCCc1nc2ccccc2n1CCCOc1ccc(C(C)(C)C)cc1. The highest BCUT2D eigenvalue weighted by Crippen LogP contribution is 2.24. The lowest BCUT2D eigenvalue weighted by Crippen LogP contribution is -2.21. The van der Waals surface area contributed by atoms with Crippen molar-refractivity contribution in [1.29, 1.82) is 0 Å². The molecule has 5 heteroatoms. The van der Waals surface area contributed by atoms with Crippen LogP contribution in [-0.4, -0.2) is 28.6 Å². The highest BCUT2D eigenvalue weighted by molar-refractivity contribution is 5.76. The predicted octanol–water partition coefficient (Wildman–Crippen LogP) is 4.87. The normalized spacial score (nSPS) is 11.6. The topological polar surface area (TPSA) is 56.2 Å². The van der Waals surface area contributed by atoms with Gasteiger partial charge >= 0.3 is 0 Å². The summed E-state index contributed by atoms with van der Waals surface area (Å²) in [5.74, 6) is 1.99. The van der Waals surface area contributed by atoms with E-state index >= 15 is 0 Å². The minimum absolute atomic E-state index is 0.0104. The Kier molecular flexibility index (Phi) is 7.14. The summed E-state index contributed by atoms with van der Waals surface area (Å²) in [6.07, 6.45) is 2.61. The molecule has 1 heterocycles. The largest absolute Gasteiger partial charge is 0.494 e. The molecule has 3 rings (SSSR count). The second-order valence-corrected chi connectivity index (χ2v) is 8.73. The Morgan fingerprint density at radius 2 is 1.80 bits per heavy atom. The molecule has 1 N–H and O–H groups in total. The van der Waals surface area contributed by atoms with Crippen molar-refractivity contribution in [2.45, 2.75) is 58.9 Å². The molecule has 0 saturated carbocycles. The second-order valence-electron chi connectivity index (χ2n) is 8.73. The van der Waals surface area contributed by atoms with Crippen molar-refractivity contribution in [1.82, 2.24) is 14.9 Å². The Balaban J connectivity index is 1.58. The summed E-state index contributed by atoms with van der Waals surface area (Å²) >= 11 is 0. The third-order valence-electron chi connectivity index (χ3n) is 5.20. The number of aryl methyl sites for hydroxylation is 2. The Bertz CT molecular complexity index is 968. The third-order valence-corrected chi connectivity index (χ3v) is 5.20. The smallest absolute Gasteiger partial charge is 0.216 e. The average molecular weight is 408 g/mol. The minimum atomic E-state index is 0.0104. The summed E-state index contributed by atoms with van der Waals surface area (Å²) in [4.78, 5) is 15.9. The van der Waals surface area contributed by atoms with Gasteiger partial charge in [-0.05, 0) is 48.1 Å². The van der Waals surface area contributed by atoms with Gasteiger partial charge in [0.05, 0.1) is 17.6 Å². The van der Waals surface area contributed by atoms with Crippen LogP contribution >= 0.6 is 0 Å². The fourth-order valence-electron chi connectivity index (χ4n) is 3.54. The van der Waals surface area contributed by atoms with Crippen molar-refractivity contribution in [3.63, 3.8) is 0 Å². The van der Waals surface area contributed by atoms with Crippen LogP contribution in [0.4, 0.5) is 0 Å². The van der Waals surface area contributed by atoms with E-state index < -0.39 is 0 Å². The maximum Gasteiger partial charge on any atom is 0.216 e. The van der Waals surface area contributed by atoms with E-state index in [0.717, 1.165) is 48.4 Å². The summed E-state index contributed by atoms with van der Waals surface area (Å²) in [7, 11) is 0. The molecule has 0 radical (unpaired) electrons. The zero-order valence-electron chi connectivity index (χ0n) is 18.6. The molecular formula is C25H33N3O2. The van der Waals surface area contributed by atoms with E-state index in [-0.39, 0.29) is 11.3 Å². The van der Waals surface area contributed by atoms with Gasteiger partial charge in [0.15, 0.2) is 0 Å². The van der Waals surface area contributed by atoms with E-state index in [1.807, 2.05) is 6.07 Å². The highest BCUT2D eigenvalue weighted by atomic mass is 16.5. The number of benzene rings is 2. The molecule has 160 valence electrons. The lowest BCUT2D eigenvalue weighted by atomic mass is 9.87. The molecule has 2 aromatic carbocycles. The first-order valence-corrected chi connectivity index (χ1v) is 10.8. The molecule has 0 unspecified atom stereocenters. The quantitative estimate of drug-likeness (QED) is 0.515. The fraction of sp³-hybridized carbons (Fsp3) is 0.440. The van der Waals surface area contributed by atoms with Crippen molar-refractivity contribution in [2.24, 2.45) is 0 Å². The molecular weight excluding hydrogens is 374 g/mol. The first-order chi connectivity index (χ1) is 14.3. The Morgan fingerprint density at radius 1 is 1.07 bits per heavy atom. The van der Waals surface area contributed by atoms with Gasteiger partial charge in [0.1, 0.15) is 11.6 Å². The van der Waals surface area contributed by atoms with Gasteiger partial charge in [-0.1, -0.05) is 45.0 Å². The number of ether oxygens (including phenoxy) is 1. The molecule has 0 fully saturated rings. The van der Waals surface area contributed by atoms with Gasteiger partial charge in [-0.3, -0.25) is 4.79 Å². The number of rotatable bonds is 9. The van der Waals surface area contributed by atoms with Crippen LogP contribution in [0.1, 0.15) is 51.9 Å². The molecule has 0 atom stereocenters. The molecule has 0 saturated heterocycles. The summed E-state index contributed by atoms with van der Waals surface area (Å²) in [5.41, 5.74) is 3.63. The van der Waals surface area contributed by atoms with Crippen molar-refractivity contribution >= 4 is 16.9 Å². The van der Waals surface area contributed by atoms with E-state index in [1.54, 1.807) is 6.92 Å². The standard InChI is InChI=1S/C25H33N3O2/c1-19(29)26-16-7-11-24-27-22-9-5-6-10-23(22)28(24)17-8-18-30-21-14-12-20(13-15-21)25(2,3)4/h5-6,9-10,12-15H,7-8,11,16-18H2,1-4H3,(H,26,29). The number of imidazole rings is 1. The zero-order valence-corrected chi connectivity index (χ0v) is 18.6. The molecule has 0 bridgehead atoms. The summed E-state index contributed by atoms with van der Waals surface area (Å²) in [6, 6.07) is 16.6. The number of carbonyl (C=O) groups is 1. The third kappa shape index (κ3) is 5.85. The van der Waals surface area contributed by atoms with Crippen molar-refractivity contribution in [2.75, 3.05) is 13.2 Å². The summed E-state index contributed by atoms with van der Waals surface area (Å²) in [6.45, 7) is 10.4. The van der Waals surface area contributed by atoms with Crippen LogP contribution in [0.5, 0.6) is 5.75 Å². The predicted molar refractivity (Wildman–Crippen MR) is 122 cm³/mol. The van der Waals surface area contributed by atoms with Crippen LogP contribution in [0, 0.1) is 0 Å². The molecule has 0 aliphatic carbocycles. The zero-order chi connectivity index (χ0) is 21.6. The van der Waals surface area contributed by atoms with E-state index in [1.165, 1.54) is 5.56 Å². The van der Waals surface area contributed by atoms with Gasteiger partial charge in [-0.25, -0.2) is 4.98 Å². The number of para-hydroxylation sites is 2. The van der Waals surface area contributed by atoms with Gasteiger partial charge < -0.3 is 14.6 Å². The van der Waals surface area contributed by atoms with Crippen molar-refractivity contribution < 1.29 is 9.53 Å². The van der Waals surface area contributed by atoms with Crippen LogP contribution in [-0.2, 0) is 23.2 Å². The molecule has 5 nitrogen and oxygen atoms in total. The average Bonchev–Trinajstić information content (AvgIpc) is 3.05. The highest BCUT2D eigenvalue weighted by Gasteiger charge is 2.13. The maximum absolute atomic E-state index is 11.1. The van der Waals surface area contributed by atoms with Gasteiger partial charge in [0.25, 0.3) is 0 Å². The number of nitrogens with one attached hydrogen (secondary N) is 1. The summed E-state index contributed by atoms with van der Waals surface area (Å²) < 4.78 is 8.25. The number of aromatic nitrogens is 2. The number of amides is 1. The lowest BCUT2D eigenvalue weighted by Gasteiger charge is -2.19. The Labute approximate surface area is 179 Å². The Hall–Kier alpha value is -2.82. The van der Waals surface area contributed by atoms with E-state index in [2.05, 4.69) is 73.1 Å². The van der Waals surface area contributed by atoms with Crippen molar-refractivity contribution in [3.05, 3.63) is 59.9 Å². The number of carbonyl (C=O) groups excluding carboxylic acids is 1. The molecule has 30 heavy (non-hydrogen) atoms. The maximum atomic E-state index is 11.1. The first kappa shape index (κ1) is 21.9. The van der Waals surface area contributed by atoms with Gasteiger partial charge in [-0.2, -0.15) is 0 Å². The van der Waals surface area contributed by atoms with Crippen LogP contribution in [0.3, 0.4) is 0 Å². The first-order valence-electron chi connectivity index (χ1n) is 10.8. The Morgan fingerprint density at radius 3 is 2.50 bits per heavy atom. The van der Waals surface area contributed by atoms with Crippen LogP contribution in [0.25, 0.3) is 11.0 Å². The number of fused-ring (bicyclic) bond motifs is 1. The van der Waals surface area contributed by atoms with Crippen LogP contribution in [0.2, 0.25) is 0 Å². The number of hydrogen-bond donors (Lipinski definition) is 1.